The van der Waals surface area contributed by atoms with Gasteiger partial charge in [0.15, 0.2) is 0 Å². The van der Waals surface area contributed by atoms with Gasteiger partial charge in [-0.15, -0.1) is 0 Å². The zero-order chi connectivity index (χ0) is 21.0. The van der Waals surface area contributed by atoms with Crippen LogP contribution in [0.3, 0.4) is 0 Å². The Hall–Kier alpha value is -4.32. The van der Waals surface area contributed by atoms with E-state index >= 15 is 0 Å². The van der Waals surface area contributed by atoms with E-state index in [2.05, 4.69) is 26.3 Å². The molecule has 0 aliphatic heterocycles. The van der Waals surface area contributed by atoms with Gasteiger partial charge in [0.1, 0.15) is 17.2 Å². The number of hydrogen-bond acceptors (Lipinski definition) is 5. The van der Waals surface area contributed by atoms with Crippen molar-refractivity contribution in [3.63, 3.8) is 0 Å². The van der Waals surface area contributed by atoms with Gasteiger partial charge in [-0.1, -0.05) is 18.2 Å². The molecule has 0 atom stereocenters. The van der Waals surface area contributed by atoms with Crippen LogP contribution in [0.2, 0.25) is 0 Å². The number of aryl methyl sites for hydroxylation is 1. The molecule has 0 radical (unpaired) electrons. The normalized spacial score (nSPS) is 10.7. The van der Waals surface area contributed by atoms with Gasteiger partial charge in [-0.2, -0.15) is 4.98 Å². The number of benzene rings is 3. The minimum absolute atomic E-state index is 0.452. The second-order valence-electron chi connectivity index (χ2n) is 7.09. The van der Waals surface area contributed by atoms with Crippen molar-refractivity contribution in [2.45, 2.75) is 6.92 Å². The molecule has 2 N–H and O–H groups in total. The molecule has 0 unspecified atom stereocenters. The molecular weight excluding hydrogens is 388 g/mol. The lowest BCUT2D eigenvalue weighted by molar-refractivity contribution is 0.463. The van der Waals surface area contributed by atoms with Crippen LogP contribution in [-0.2, 0) is 0 Å². The van der Waals surface area contributed by atoms with Crippen molar-refractivity contribution in [2.75, 3.05) is 5.32 Å². The molecule has 6 nitrogen and oxygen atoms in total. The number of ether oxygens (including phenoxy) is 2. The standard InChI is InChI=1S/C25H20N4O2/c1-17-15-18-16-22(11-12-23(18)27-17)31-24-13-14-26-25(29-24)28-19-7-9-21(10-8-19)30-20-5-3-2-4-6-20/h2-16,27H,1H3,(H,26,28,29). The average molecular weight is 408 g/mol. The topological polar surface area (TPSA) is 72.1 Å². The highest BCUT2D eigenvalue weighted by molar-refractivity contribution is 5.81. The second kappa shape index (κ2) is 8.20. The molecule has 2 aromatic heterocycles. The van der Waals surface area contributed by atoms with Crippen LogP contribution in [0.5, 0.6) is 23.1 Å². The Morgan fingerprint density at radius 3 is 2.39 bits per heavy atom. The molecule has 5 rings (SSSR count). The summed E-state index contributed by atoms with van der Waals surface area (Å²) in [4.78, 5) is 12.0. The number of anilines is 2. The van der Waals surface area contributed by atoms with Gasteiger partial charge in [0.25, 0.3) is 0 Å². The molecule has 0 fully saturated rings. The molecule has 0 aliphatic rings. The fourth-order valence-electron chi connectivity index (χ4n) is 3.26. The number of aromatic amines is 1. The number of aromatic nitrogens is 3. The summed E-state index contributed by atoms with van der Waals surface area (Å²) in [5, 5.41) is 4.29. The number of H-pyrrole nitrogens is 1. The lowest BCUT2D eigenvalue weighted by atomic mass is 10.2. The molecule has 0 spiro atoms. The van der Waals surface area contributed by atoms with E-state index in [4.69, 9.17) is 9.47 Å². The zero-order valence-electron chi connectivity index (χ0n) is 16.9. The molecule has 6 heteroatoms. The largest absolute Gasteiger partial charge is 0.457 e. The van der Waals surface area contributed by atoms with Crippen LogP contribution >= 0.6 is 0 Å². The molecule has 0 amide bonds. The summed E-state index contributed by atoms with van der Waals surface area (Å²) in [6.07, 6.45) is 1.66. The fourth-order valence-corrected chi connectivity index (χ4v) is 3.26. The van der Waals surface area contributed by atoms with Crippen LogP contribution in [-0.4, -0.2) is 15.0 Å². The molecule has 152 valence electrons. The summed E-state index contributed by atoms with van der Waals surface area (Å²) in [6.45, 7) is 2.03. The minimum atomic E-state index is 0.452. The highest BCUT2D eigenvalue weighted by atomic mass is 16.5. The van der Waals surface area contributed by atoms with Crippen LogP contribution < -0.4 is 14.8 Å². The molecule has 0 bridgehead atoms. The van der Waals surface area contributed by atoms with Crippen molar-refractivity contribution in [1.29, 1.82) is 0 Å². The Balaban J connectivity index is 1.27. The van der Waals surface area contributed by atoms with Gasteiger partial charge < -0.3 is 19.8 Å². The van der Waals surface area contributed by atoms with E-state index in [1.807, 2.05) is 79.7 Å². The first-order valence-electron chi connectivity index (χ1n) is 9.91. The van der Waals surface area contributed by atoms with Gasteiger partial charge in [-0.05, 0) is 67.6 Å². The van der Waals surface area contributed by atoms with Crippen LogP contribution in [0.4, 0.5) is 11.6 Å². The number of para-hydroxylation sites is 1. The Bertz CT molecular complexity index is 1310. The quantitative estimate of drug-likeness (QED) is 0.331. The van der Waals surface area contributed by atoms with Gasteiger partial charge in [-0.3, -0.25) is 0 Å². The SMILES string of the molecule is Cc1cc2cc(Oc3ccnc(Nc4ccc(Oc5ccccc5)cc4)n3)ccc2[nH]1. The Morgan fingerprint density at radius 2 is 1.55 bits per heavy atom. The monoisotopic (exact) mass is 408 g/mol. The summed E-state index contributed by atoms with van der Waals surface area (Å²) in [6, 6.07) is 27.0. The number of fused-ring (bicyclic) bond motifs is 1. The highest BCUT2D eigenvalue weighted by Crippen LogP contribution is 2.27. The van der Waals surface area contributed by atoms with Crippen molar-refractivity contribution in [3.8, 4) is 23.1 Å². The van der Waals surface area contributed by atoms with Gasteiger partial charge >= 0.3 is 0 Å². The minimum Gasteiger partial charge on any atom is -0.457 e. The van der Waals surface area contributed by atoms with E-state index < -0.39 is 0 Å². The van der Waals surface area contributed by atoms with E-state index in [1.54, 1.807) is 12.3 Å². The van der Waals surface area contributed by atoms with E-state index in [1.165, 1.54) is 0 Å². The molecular formula is C25H20N4O2. The van der Waals surface area contributed by atoms with Crippen LogP contribution in [0.15, 0.2) is 91.1 Å². The Labute approximate surface area is 179 Å². The number of hydrogen-bond donors (Lipinski definition) is 2. The number of nitrogens with one attached hydrogen (secondary N) is 2. The van der Waals surface area contributed by atoms with Gasteiger partial charge in [0.2, 0.25) is 11.8 Å². The first-order chi connectivity index (χ1) is 15.2. The molecule has 0 aliphatic carbocycles. The van der Waals surface area contributed by atoms with Gasteiger partial charge in [-0.25, -0.2) is 4.98 Å². The number of rotatable bonds is 6. The first kappa shape index (κ1) is 18.7. The third-order valence-corrected chi connectivity index (χ3v) is 4.67. The van der Waals surface area contributed by atoms with Crippen molar-refractivity contribution in [3.05, 3.63) is 96.8 Å². The summed E-state index contributed by atoms with van der Waals surface area (Å²) in [5.74, 6) is 3.19. The lowest BCUT2D eigenvalue weighted by Crippen LogP contribution is -1.98. The third kappa shape index (κ3) is 4.48. The summed E-state index contributed by atoms with van der Waals surface area (Å²) in [5.41, 5.74) is 3.04. The molecule has 2 heterocycles. The molecule has 5 aromatic rings. The maximum absolute atomic E-state index is 5.93. The molecule has 0 saturated carbocycles. The first-order valence-corrected chi connectivity index (χ1v) is 9.91. The second-order valence-corrected chi connectivity index (χ2v) is 7.09. The smallest absolute Gasteiger partial charge is 0.230 e. The van der Waals surface area contributed by atoms with Crippen LogP contribution in [0.25, 0.3) is 10.9 Å². The van der Waals surface area contributed by atoms with E-state index in [0.717, 1.165) is 39.5 Å². The van der Waals surface area contributed by atoms with Gasteiger partial charge in [0, 0.05) is 34.5 Å². The maximum atomic E-state index is 5.93. The van der Waals surface area contributed by atoms with E-state index in [9.17, 15) is 0 Å². The predicted octanol–water partition coefficient (Wildman–Crippen LogP) is 6.59. The van der Waals surface area contributed by atoms with E-state index in [-0.39, 0.29) is 0 Å². The summed E-state index contributed by atoms with van der Waals surface area (Å²) >= 11 is 0. The van der Waals surface area contributed by atoms with Crippen molar-refractivity contribution in [1.82, 2.24) is 15.0 Å². The van der Waals surface area contributed by atoms with Gasteiger partial charge in [0.05, 0.1) is 0 Å². The van der Waals surface area contributed by atoms with Crippen LogP contribution in [0.1, 0.15) is 5.69 Å². The molecule has 31 heavy (non-hydrogen) atoms. The maximum Gasteiger partial charge on any atom is 0.230 e. The molecule has 3 aromatic carbocycles. The van der Waals surface area contributed by atoms with Crippen molar-refractivity contribution >= 4 is 22.5 Å². The zero-order valence-corrected chi connectivity index (χ0v) is 16.9. The van der Waals surface area contributed by atoms with E-state index in [0.29, 0.717) is 11.8 Å². The highest BCUT2D eigenvalue weighted by Gasteiger charge is 2.05. The fraction of sp³-hybridized carbons (Fsp3) is 0.0400. The van der Waals surface area contributed by atoms with Crippen molar-refractivity contribution < 1.29 is 9.47 Å². The Morgan fingerprint density at radius 1 is 0.774 bits per heavy atom. The lowest BCUT2D eigenvalue weighted by Gasteiger charge is -2.09. The third-order valence-electron chi connectivity index (χ3n) is 4.67. The molecule has 0 saturated heterocycles. The predicted molar refractivity (Wildman–Crippen MR) is 121 cm³/mol. The summed E-state index contributed by atoms with van der Waals surface area (Å²) in [7, 11) is 0. The van der Waals surface area contributed by atoms with Crippen LogP contribution in [0, 0.1) is 6.92 Å². The Kier molecular flexibility index (Phi) is 4.94. The number of nitrogens with zero attached hydrogens (tertiary/aromatic N) is 2. The summed E-state index contributed by atoms with van der Waals surface area (Å²) < 4.78 is 11.8. The average Bonchev–Trinajstić information content (AvgIpc) is 3.15. The van der Waals surface area contributed by atoms with Crippen molar-refractivity contribution in [2.24, 2.45) is 0 Å².